The molecule has 4 aromatic rings. The lowest BCUT2D eigenvalue weighted by Crippen LogP contribution is -2.38. The number of ether oxygens (including phenoxy) is 2. The highest BCUT2D eigenvalue weighted by Gasteiger charge is 2.44. The van der Waals surface area contributed by atoms with Crippen LogP contribution in [0.2, 0.25) is 0 Å². The summed E-state index contributed by atoms with van der Waals surface area (Å²) in [6.45, 7) is 0. The van der Waals surface area contributed by atoms with Crippen molar-refractivity contribution >= 4 is 46.0 Å². The predicted molar refractivity (Wildman–Crippen MR) is 159 cm³/mol. The number of thioether (sulfide) groups is 2. The van der Waals surface area contributed by atoms with Gasteiger partial charge >= 0.3 is 0 Å². The number of methoxy groups -OCH3 is 2. The topological polar surface area (TPSA) is 76.8 Å². The van der Waals surface area contributed by atoms with E-state index in [1.807, 2.05) is 35.6 Å². The predicted octanol–water partition coefficient (Wildman–Crippen LogP) is 6.14. The normalized spacial score (nSPS) is 17.0. The van der Waals surface area contributed by atoms with E-state index >= 15 is 0 Å². The highest BCUT2D eigenvalue weighted by molar-refractivity contribution is 8.13. The van der Waals surface area contributed by atoms with Crippen LogP contribution in [0.15, 0.2) is 58.8 Å². The standard InChI is InChI=1S/C28H28N6O2S3/c1-35-19-11-7-17(8-12-19)15-37-27-31-29-24-23-21-5-3-4-6-22(21)39-25(23)34-26(33(24)27)30-32-28(34)38-16-18-9-13-20(36-2)14-10-18/h7-14,24,29H,3-6,15-16H2,1-2H3. The average Bonchev–Trinajstić information content (AvgIpc) is 3.70. The van der Waals surface area contributed by atoms with Gasteiger partial charge in [0.05, 0.1) is 14.2 Å². The molecule has 200 valence electrons. The van der Waals surface area contributed by atoms with Crippen molar-refractivity contribution in [1.29, 1.82) is 0 Å². The molecule has 0 radical (unpaired) electrons. The highest BCUT2D eigenvalue weighted by atomic mass is 32.2. The van der Waals surface area contributed by atoms with Crippen LogP contribution in [0.1, 0.15) is 46.1 Å². The van der Waals surface area contributed by atoms with Crippen molar-refractivity contribution in [3.05, 3.63) is 75.7 Å². The largest absolute Gasteiger partial charge is 0.497 e. The molecule has 39 heavy (non-hydrogen) atoms. The number of amidine groups is 1. The van der Waals surface area contributed by atoms with E-state index < -0.39 is 0 Å². The number of hydrazone groups is 1. The molecule has 7 rings (SSSR count). The van der Waals surface area contributed by atoms with Crippen LogP contribution in [0.25, 0.3) is 5.00 Å². The third-order valence-corrected chi connectivity index (χ3v) is 10.6. The van der Waals surface area contributed by atoms with Crippen molar-refractivity contribution in [2.24, 2.45) is 5.10 Å². The SMILES string of the molecule is COc1ccc(CSC2=NNC3c4c(sc5c4CCCC5)-n4c(SCc5ccc(OC)cc5)nnc4N23)cc1. The molecule has 1 N–H and O–H groups in total. The third kappa shape index (κ3) is 4.46. The fourth-order valence-corrected chi connectivity index (χ4v) is 8.59. The molecule has 11 heteroatoms. The second kappa shape index (κ2) is 10.4. The van der Waals surface area contributed by atoms with Crippen molar-refractivity contribution in [2.45, 2.75) is 48.5 Å². The van der Waals surface area contributed by atoms with Crippen molar-refractivity contribution in [1.82, 2.24) is 20.2 Å². The second-order valence-electron chi connectivity index (χ2n) is 9.62. The zero-order valence-electron chi connectivity index (χ0n) is 21.7. The Hall–Kier alpha value is -3.15. The summed E-state index contributed by atoms with van der Waals surface area (Å²) in [5.74, 6) is 4.16. The summed E-state index contributed by atoms with van der Waals surface area (Å²) in [5, 5.41) is 17.3. The number of aryl methyl sites for hydroxylation is 1. The van der Waals surface area contributed by atoms with Gasteiger partial charge in [-0.3, -0.25) is 10.3 Å². The van der Waals surface area contributed by atoms with E-state index in [4.69, 9.17) is 24.8 Å². The number of rotatable bonds is 7. The lowest BCUT2D eigenvalue weighted by atomic mass is 9.94. The van der Waals surface area contributed by atoms with Gasteiger partial charge in [-0.1, -0.05) is 47.8 Å². The minimum absolute atomic E-state index is 0.0485. The van der Waals surface area contributed by atoms with Gasteiger partial charge in [0.2, 0.25) is 5.95 Å². The molecule has 2 aliphatic heterocycles. The van der Waals surface area contributed by atoms with Crippen molar-refractivity contribution < 1.29 is 9.47 Å². The van der Waals surface area contributed by atoms with Crippen LogP contribution in [0.5, 0.6) is 11.5 Å². The molecule has 1 aliphatic carbocycles. The van der Waals surface area contributed by atoms with Gasteiger partial charge in [-0.05, 0) is 66.6 Å². The molecular weight excluding hydrogens is 549 g/mol. The first-order valence-electron chi connectivity index (χ1n) is 13.0. The van der Waals surface area contributed by atoms with E-state index in [2.05, 4.69) is 39.2 Å². The van der Waals surface area contributed by atoms with Gasteiger partial charge in [-0.2, -0.15) is 5.10 Å². The number of hydrogen-bond donors (Lipinski definition) is 1. The number of hydrogen-bond acceptors (Lipinski definition) is 10. The van der Waals surface area contributed by atoms with Gasteiger partial charge in [0, 0.05) is 21.9 Å². The van der Waals surface area contributed by atoms with Gasteiger partial charge in [0.25, 0.3) is 0 Å². The summed E-state index contributed by atoms with van der Waals surface area (Å²) in [5.41, 5.74) is 8.73. The van der Waals surface area contributed by atoms with Gasteiger partial charge < -0.3 is 9.47 Å². The highest BCUT2D eigenvalue weighted by Crippen LogP contribution is 2.49. The molecule has 0 saturated carbocycles. The van der Waals surface area contributed by atoms with E-state index in [-0.39, 0.29) is 6.17 Å². The van der Waals surface area contributed by atoms with Crippen LogP contribution in [-0.2, 0) is 24.3 Å². The number of anilines is 1. The number of thiophene rings is 1. The monoisotopic (exact) mass is 576 g/mol. The van der Waals surface area contributed by atoms with Crippen LogP contribution < -0.4 is 19.8 Å². The maximum absolute atomic E-state index is 5.32. The molecule has 0 amide bonds. The second-order valence-corrected chi connectivity index (χ2v) is 12.6. The lowest BCUT2D eigenvalue weighted by Gasteiger charge is -2.32. The first-order valence-corrected chi connectivity index (χ1v) is 15.8. The smallest absolute Gasteiger partial charge is 0.241 e. The summed E-state index contributed by atoms with van der Waals surface area (Å²) >= 11 is 5.34. The fraction of sp³-hybridized carbons (Fsp3) is 0.321. The number of fused-ring (bicyclic) bond motifs is 8. The van der Waals surface area contributed by atoms with E-state index in [1.165, 1.54) is 45.0 Å². The van der Waals surface area contributed by atoms with E-state index in [9.17, 15) is 0 Å². The Morgan fingerprint density at radius 1 is 0.897 bits per heavy atom. The molecule has 4 heterocycles. The summed E-state index contributed by atoms with van der Waals surface area (Å²) in [7, 11) is 3.38. The molecule has 0 spiro atoms. The Balaban J connectivity index is 1.21. The number of benzene rings is 2. The molecule has 2 aromatic carbocycles. The van der Waals surface area contributed by atoms with E-state index in [0.717, 1.165) is 52.1 Å². The van der Waals surface area contributed by atoms with Gasteiger partial charge in [-0.15, -0.1) is 21.5 Å². The molecule has 3 aliphatic rings. The molecule has 0 fully saturated rings. The Kier molecular flexibility index (Phi) is 6.65. The first-order chi connectivity index (χ1) is 19.2. The molecule has 0 saturated heterocycles. The fourth-order valence-electron chi connectivity index (χ4n) is 5.29. The van der Waals surface area contributed by atoms with Gasteiger partial charge in [0.15, 0.2) is 16.5 Å². The van der Waals surface area contributed by atoms with Crippen molar-refractivity contribution in [2.75, 3.05) is 19.1 Å². The minimum Gasteiger partial charge on any atom is -0.497 e. The van der Waals surface area contributed by atoms with Crippen LogP contribution in [-0.4, -0.2) is 34.2 Å². The molecule has 1 atom stereocenters. The van der Waals surface area contributed by atoms with Gasteiger partial charge in [-0.25, -0.2) is 4.57 Å². The summed E-state index contributed by atoms with van der Waals surface area (Å²) in [4.78, 5) is 3.74. The first kappa shape index (κ1) is 24.9. The molecular formula is C28H28N6O2S3. The molecule has 0 bridgehead atoms. The Morgan fingerprint density at radius 2 is 1.56 bits per heavy atom. The zero-order chi connectivity index (χ0) is 26.3. The Morgan fingerprint density at radius 3 is 2.26 bits per heavy atom. The number of nitrogens with zero attached hydrogens (tertiary/aromatic N) is 5. The summed E-state index contributed by atoms with van der Waals surface area (Å²) < 4.78 is 12.9. The van der Waals surface area contributed by atoms with Crippen LogP contribution in [0.4, 0.5) is 5.95 Å². The Bertz CT molecular complexity index is 1530. The van der Waals surface area contributed by atoms with Crippen LogP contribution >= 0.6 is 34.9 Å². The quantitative estimate of drug-likeness (QED) is 0.263. The van der Waals surface area contributed by atoms with E-state index in [1.54, 1.807) is 37.7 Å². The van der Waals surface area contributed by atoms with E-state index in [0.29, 0.717) is 0 Å². The zero-order valence-corrected chi connectivity index (χ0v) is 24.2. The lowest BCUT2D eigenvalue weighted by molar-refractivity contribution is 0.414. The molecule has 1 unspecified atom stereocenters. The van der Waals surface area contributed by atoms with Crippen molar-refractivity contribution in [3.63, 3.8) is 0 Å². The molecule has 8 nitrogen and oxygen atoms in total. The van der Waals surface area contributed by atoms with Crippen molar-refractivity contribution in [3.8, 4) is 16.5 Å². The van der Waals surface area contributed by atoms with Crippen LogP contribution in [0, 0.1) is 0 Å². The number of aromatic nitrogens is 3. The minimum atomic E-state index is -0.0485. The molecule has 2 aromatic heterocycles. The van der Waals surface area contributed by atoms with Crippen LogP contribution in [0.3, 0.4) is 0 Å². The average molecular weight is 577 g/mol. The Labute approximate surface area is 239 Å². The summed E-state index contributed by atoms with van der Waals surface area (Å²) in [6, 6.07) is 16.4. The maximum Gasteiger partial charge on any atom is 0.241 e. The third-order valence-electron chi connectivity index (χ3n) is 7.30. The maximum atomic E-state index is 5.32. The summed E-state index contributed by atoms with van der Waals surface area (Å²) in [6.07, 6.45) is 4.70. The van der Waals surface area contributed by atoms with Gasteiger partial charge in [0.1, 0.15) is 16.5 Å². The number of nitrogens with one attached hydrogen (secondary N) is 1.